The molecule has 0 aliphatic carbocycles. The monoisotopic (exact) mass is 230 g/mol. The Balaban J connectivity index is 2.45. The number of rotatable bonds is 3. The Kier molecular flexibility index (Phi) is 3.13. The molecular formula is C13H18N4. The first-order chi connectivity index (χ1) is 8.13. The van der Waals surface area contributed by atoms with Gasteiger partial charge in [0, 0.05) is 12.2 Å². The summed E-state index contributed by atoms with van der Waals surface area (Å²) in [4.78, 5) is 4.24. The van der Waals surface area contributed by atoms with Gasteiger partial charge in [-0.1, -0.05) is 0 Å². The maximum absolute atomic E-state index is 4.53. The number of hydrogen-bond donors (Lipinski definition) is 1. The molecule has 2 heterocycles. The fourth-order valence-electron chi connectivity index (χ4n) is 1.82. The van der Waals surface area contributed by atoms with Gasteiger partial charge in [-0.15, -0.1) is 0 Å². The number of nitrogens with one attached hydrogen (secondary N) is 1. The Labute approximate surface area is 102 Å². The fraction of sp³-hybridized carbons (Fsp3) is 0.385. The van der Waals surface area contributed by atoms with Crippen LogP contribution in [0.4, 0.5) is 5.69 Å². The van der Waals surface area contributed by atoms with Crippen LogP contribution < -0.4 is 5.32 Å². The SMILES string of the molecule is CCNc1cncc(-n2nc(C)c(C)c2C)c1. The van der Waals surface area contributed by atoms with Gasteiger partial charge in [0.15, 0.2) is 0 Å². The lowest BCUT2D eigenvalue weighted by Crippen LogP contribution is -2.03. The Morgan fingerprint density at radius 3 is 2.59 bits per heavy atom. The highest BCUT2D eigenvalue weighted by Gasteiger charge is 2.09. The molecule has 0 saturated carbocycles. The van der Waals surface area contributed by atoms with E-state index in [2.05, 4.69) is 42.2 Å². The first-order valence-electron chi connectivity index (χ1n) is 5.85. The highest BCUT2D eigenvalue weighted by Crippen LogP contribution is 2.18. The van der Waals surface area contributed by atoms with Crippen molar-refractivity contribution in [2.75, 3.05) is 11.9 Å². The summed E-state index contributed by atoms with van der Waals surface area (Å²) in [5.74, 6) is 0. The lowest BCUT2D eigenvalue weighted by molar-refractivity contribution is 0.828. The van der Waals surface area contributed by atoms with Gasteiger partial charge in [-0.2, -0.15) is 5.10 Å². The average Bonchev–Trinajstić information content (AvgIpc) is 2.58. The Morgan fingerprint density at radius 1 is 1.24 bits per heavy atom. The highest BCUT2D eigenvalue weighted by atomic mass is 15.3. The second-order valence-electron chi connectivity index (χ2n) is 4.17. The minimum Gasteiger partial charge on any atom is -0.384 e. The normalized spacial score (nSPS) is 10.6. The summed E-state index contributed by atoms with van der Waals surface area (Å²) in [7, 11) is 0. The van der Waals surface area contributed by atoms with Crippen molar-refractivity contribution in [3.63, 3.8) is 0 Å². The molecule has 1 N–H and O–H groups in total. The van der Waals surface area contributed by atoms with Gasteiger partial charge in [-0.25, -0.2) is 4.68 Å². The minimum atomic E-state index is 0.890. The summed E-state index contributed by atoms with van der Waals surface area (Å²) in [6, 6.07) is 2.06. The Hall–Kier alpha value is -1.84. The van der Waals surface area contributed by atoms with E-state index in [-0.39, 0.29) is 0 Å². The van der Waals surface area contributed by atoms with Gasteiger partial charge in [-0.05, 0) is 39.3 Å². The van der Waals surface area contributed by atoms with Crippen molar-refractivity contribution >= 4 is 5.69 Å². The predicted octanol–water partition coefficient (Wildman–Crippen LogP) is 2.62. The summed E-state index contributed by atoms with van der Waals surface area (Å²) in [5.41, 5.74) is 5.49. The minimum absolute atomic E-state index is 0.890. The quantitative estimate of drug-likeness (QED) is 0.881. The molecule has 0 fully saturated rings. The van der Waals surface area contributed by atoms with Crippen LogP contribution in [0, 0.1) is 20.8 Å². The van der Waals surface area contributed by atoms with Crippen LogP contribution in [0.5, 0.6) is 0 Å². The van der Waals surface area contributed by atoms with E-state index < -0.39 is 0 Å². The molecular weight excluding hydrogens is 212 g/mol. The molecule has 0 atom stereocenters. The van der Waals surface area contributed by atoms with Crippen molar-refractivity contribution < 1.29 is 0 Å². The van der Waals surface area contributed by atoms with Crippen LogP contribution in [0.2, 0.25) is 0 Å². The van der Waals surface area contributed by atoms with Crippen LogP contribution in [0.1, 0.15) is 23.9 Å². The van der Waals surface area contributed by atoms with Crippen LogP contribution >= 0.6 is 0 Å². The fourth-order valence-corrected chi connectivity index (χ4v) is 1.82. The molecule has 0 aromatic carbocycles. The van der Waals surface area contributed by atoms with Crippen molar-refractivity contribution in [3.05, 3.63) is 35.4 Å². The third-order valence-corrected chi connectivity index (χ3v) is 3.00. The van der Waals surface area contributed by atoms with E-state index in [0.29, 0.717) is 0 Å². The zero-order valence-corrected chi connectivity index (χ0v) is 10.8. The molecule has 0 unspecified atom stereocenters. The van der Waals surface area contributed by atoms with Crippen molar-refractivity contribution in [1.29, 1.82) is 0 Å². The van der Waals surface area contributed by atoms with Crippen molar-refractivity contribution in [3.8, 4) is 5.69 Å². The van der Waals surface area contributed by atoms with E-state index in [1.165, 1.54) is 5.56 Å². The molecule has 0 bridgehead atoms. The molecule has 2 aromatic rings. The molecule has 90 valence electrons. The maximum atomic E-state index is 4.53. The Bertz CT molecular complexity index is 528. The number of nitrogens with zero attached hydrogens (tertiary/aromatic N) is 3. The lowest BCUT2D eigenvalue weighted by Gasteiger charge is -2.07. The molecule has 0 radical (unpaired) electrons. The van der Waals surface area contributed by atoms with Crippen LogP contribution in [0.25, 0.3) is 5.69 Å². The molecule has 17 heavy (non-hydrogen) atoms. The number of aryl methyl sites for hydroxylation is 1. The first kappa shape index (κ1) is 11.6. The van der Waals surface area contributed by atoms with E-state index in [4.69, 9.17) is 0 Å². The maximum Gasteiger partial charge on any atom is 0.0852 e. The van der Waals surface area contributed by atoms with Gasteiger partial charge in [0.25, 0.3) is 0 Å². The van der Waals surface area contributed by atoms with E-state index in [0.717, 1.165) is 29.3 Å². The summed E-state index contributed by atoms with van der Waals surface area (Å²) in [5, 5.41) is 7.79. The second kappa shape index (κ2) is 4.57. The molecule has 2 rings (SSSR count). The molecule has 2 aromatic heterocycles. The molecule has 0 amide bonds. The molecule has 0 saturated heterocycles. The van der Waals surface area contributed by atoms with E-state index in [9.17, 15) is 0 Å². The number of aromatic nitrogens is 3. The Morgan fingerprint density at radius 2 is 2.00 bits per heavy atom. The van der Waals surface area contributed by atoms with Crippen LogP contribution in [0.3, 0.4) is 0 Å². The summed E-state index contributed by atoms with van der Waals surface area (Å²) < 4.78 is 1.94. The van der Waals surface area contributed by atoms with Gasteiger partial charge in [0.2, 0.25) is 0 Å². The van der Waals surface area contributed by atoms with Crippen molar-refractivity contribution in [1.82, 2.24) is 14.8 Å². The standard InChI is InChI=1S/C13H18N4/c1-5-15-12-6-13(8-14-7-12)17-11(4)9(2)10(3)16-17/h6-8,15H,5H2,1-4H3. The number of pyridine rings is 1. The van der Waals surface area contributed by atoms with Crippen molar-refractivity contribution in [2.24, 2.45) is 0 Å². The van der Waals surface area contributed by atoms with Gasteiger partial charge in [0.05, 0.1) is 29.5 Å². The van der Waals surface area contributed by atoms with E-state index in [1.54, 1.807) is 0 Å². The molecule has 0 spiro atoms. The zero-order valence-electron chi connectivity index (χ0n) is 10.8. The van der Waals surface area contributed by atoms with Crippen LogP contribution in [-0.4, -0.2) is 21.3 Å². The van der Waals surface area contributed by atoms with Crippen LogP contribution in [-0.2, 0) is 0 Å². The lowest BCUT2D eigenvalue weighted by atomic mass is 10.2. The van der Waals surface area contributed by atoms with Gasteiger partial charge in [0.1, 0.15) is 0 Å². The van der Waals surface area contributed by atoms with Gasteiger partial charge in [-0.3, -0.25) is 4.98 Å². The summed E-state index contributed by atoms with van der Waals surface area (Å²) in [6.45, 7) is 9.16. The summed E-state index contributed by atoms with van der Waals surface area (Å²) in [6.07, 6.45) is 3.66. The van der Waals surface area contributed by atoms with E-state index >= 15 is 0 Å². The van der Waals surface area contributed by atoms with Gasteiger partial charge >= 0.3 is 0 Å². The predicted molar refractivity (Wildman–Crippen MR) is 69.7 cm³/mol. The summed E-state index contributed by atoms with van der Waals surface area (Å²) >= 11 is 0. The molecule has 4 nitrogen and oxygen atoms in total. The van der Waals surface area contributed by atoms with Gasteiger partial charge < -0.3 is 5.32 Å². The molecule has 0 aliphatic rings. The van der Waals surface area contributed by atoms with Crippen molar-refractivity contribution in [2.45, 2.75) is 27.7 Å². The third kappa shape index (κ3) is 2.16. The van der Waals surface area contributed by atoms with Crippen LogP contribution in [0.15, 0.2) is 18.5 Å². The zero-order chi connectivity index (χ0) is 12.4. The second-order valence-corrected chi connectivity index (χ2v) is 4.17. The highest BCUT2D eigenvalue weighted by molar-refractivity contribution is 5.48. The topological polar surface area (TPSA) is 42.7 Å². The number of anilines is 1. The third-order valence-electron chi connectivity index (χ3n) is 3.00. The van der Waals surface area contributed by atoms with E-state index in [1.807, 2.05) is 24.0 Å². The largest absolute Gasteiger partial charge is 0.384 e. The molecule has 0 aliphatic heterocycles. The number of hydrogen-bond acceptors (Lipinski definition) is 3. The smallest absolute Gasteiger partial charge is 0.0852 e. The average molecular weight is 230 g/mol. The first-order valence-corrected chi connectivity index (χ1v) is 5.85. The molecule has 4 heteroatoms.